The molecule has 3 rings (SSSR count). The molecule has 3 nitrogen and oxygen atoms in total. The zero-order valence-electron chi connectivity index (χ0n) is 14.8. The van der Waals surface area contributed by atoms with E-state index < -0.39 is 10.0 Å². The van der Waals surface area contributed by atoms with Crippen LogP contribution in [-0.4, -0.2) is 8.42 Å². The van der Waals surface area contributed by atoms with Crippen LogP contribution in [0.1, 0.15) is 54.5 Å². The second-order valence-electron chi connectivity index (χ2n) is 6.77. The van der Waals surface area contributed by atoms with Gasteiger partial charge >= 0.3 is 0 Å². The van der Waals surface area contributed by atoms with Crippen LogP contribution in [0.15, 0.2) is 36.4 Å². The lowest BCUT2D eigenvalue weighted by Crippen LogP contribution is -2.29. The molecule has 26 heavy (non-hydrogen) atoms. The monoisotopic (exact) mass is 411 g/mol. The molecule has 0 fully saturated rings. The molecule has 0 saturated carbocycles. The van der Waals surface area contributed by atoms with Crippen molar-refractivity contribution in [3.63, 3.8) is 0 Å². The molecule has 140 valence electrons. The first-order valence-corrected chi connectivity index (χ1v) is 11.3. The van der Waals surface area contributed by atoms with E-state index in [0.717, 1.165) is 18.4 Å². The van der Waals surface area contributed by atoms with Crippen molar-refractivity contribution in [2.75, 3.05) is 0 Å². The summed E-state index contributed by atoms with van der Waals surface area (Å²) in [6.07, 6.45) is 5.29. The third-order valence-corrected chi connectivity index (χ3v) is 6.92. The molecule has 0 spiro atoms. The number of hydrogen-bond acceptors (Lipinski definition) is 2. The Balaban J connectivity index is 1.81. The van der Waals surface area contributed by atoms with Crippen molar-refractivity contribution in [1.29, 1.82) is 0 Å². The lowest BCUT2D eigenvalue weighted by Gasteiger charge is -2.22. The molecule has 2 aromatic rings. The fourth-order valence-corrected chi connectivity index (χ4v) is 5.68. The summed E-state index contributed by atoms with van der Waals surface area (Å²) in [7, 11) is -3.58. The number of fused-ring (bicyclic) bond motifs is 1. The maximum atomic E-state index is 12.7. The summed E-state index contributed by atoms with van der Waals surface area (Å²) in [5.41, 5.74) is 4.19. The molecule has 1 unspecified atom stereocenters. The van der Waals surface area contributed by atoms with E-state index in [0.29, 0.717) is 22.0 Å². The Morgan fingerprint density at radius 3 is 2.35 bits per heavy atom. The summed E-state index contributed by atoms with van der Waals surface area (Å²) >= 11 is 12.3. The fourth-order valence-electron chi connectivity index (χ4n) is 3.48. The highest BCUT2D eigenvalue weighted by molar-refractivity contribution is 7.88. The minimum Gasteiger partial charge on any atom is -0.212 e. The molecular formula is C20H23Cl2NO2S. The van der Waals surface area contributed by atoms with Crippen LogP contribution in [0.5, 0.6) is 0 Å². The van der Waals surface area contributed by atoms with Crippen LogP contribution in [0.25, 0.3) is 0 Å². The lowest BCUT2D eigenvalue weighted by atomic mass is 9.89. The Hall–Kier alpha value is -1.07. The summed E-state index contributed by atoms with van der Waals surface area (Å²) in [5, 5.41) is 0.731. The van der Waals surface area contributed by atoms with Gasteiger partial charge in [0.2, 0.25) is 10.0 Å². The number of hydrogen-bond donors (Lipinski definition) is 1. The SMILES string of the molecule is CCC(NS(=O)(=O)Cc1c(Cl)cccc1Cl)c1ccc2c(c1)CCCC2. The predicted molar refractivity (Wildman–Crippen MR) is 108 cm³/mol. The third kappa shape index (κ3) is 4.61. The first-order chi connectivity index (χ1) is 12.4. The molecule has 0 radical (unpaired) electrons. The molecule has 6 heteroatoms. The average molecular weight is 412 g/mol. The maximum Gasteiger partial charge on any atom is 0.216 e. The quantitative estimate of drug-likeness (QED) is 0.687. The van der Waals surface area contributed by atoms with Gasteiger partial charge in [0.05, 0.1) is 5.75 Å². The van der Waals surface area contributed by atoms with Crippen molar-refractivity contribution >= 4 is 33.2 Å². The molecule has 1 atom stereocenters. The van der Waals surface area contributed by atoms with Gasteiger partial charge in [0, 0.05) is 21.7 Å². The standard InChI is InChI=1S/C20H23Cl2NO2S/c1-2-20(16-11-10-14-6-3-4-7-15(14)12-16)23-26(24,25)13-17-18(21)8-5-9-19(17)22/h5,8-12,20,23H,2-4,6-7,13H2,1H3. The second-order valence-corrected chi connectivity index (χ2v) is 9.34. The number of sulfonamides is 1. The lowest BCUT2D eigenvalue weighted by molar-refractivity contribution is 0.548. The first kappa shape index (κ1) is 19.7. The Kier molecular flexibility index (Phi) is 6.29. The summed E-state index contributed by atoms with van der Waals surface area (Å²) < 4.78 is 28.2. The van der Waals surface area contributed by atoms with Crippen molar-refractivity contribution in [1.82, 2.24) is 4.72 Å². The highest BCUT2D eigenvalue weighted by atomic mass is 35.5. The van der Waals surface area contributed by atoms with Crippen LogP contribution in [-0.2, 0) is 28.6 Å². The number of aryl methyl sites for hydroxylation is 2. The van der Waals surface area contributed by atoms with Gasteiger partial charge in [-0.3, -0.25) is 0 Å². The molecule has 0 aromatic heterocycles. The molecular weight excluding hydrogens is 389 g/mol. The van der Waals surface area contributed by atoms with Gasteiger partial charge in [-0.15, -0.1) is 0 Å². The summed E-state index contributed by atoms with van der Waals surface area (Å²) in [6.45, 7) is 1.98. The number of rotatable bonds is 6. The summed E-state index contributed by atoms with van der Waals surface area (Å²) in [6, 6.07) is 11.1. The van der Waals surface area contributed by atoms with E-state index in [2.05, 4.69) is 16.9 Å². The van der Waals surface area contributed by atoms with Crippen LogP contribution < -0.4 is 4.72 Å². The van der Waals surface area contributed by atoms with Gasteiger partial charge in [-0.2, -0.15) is 0 Å². The Morgan fingerprint density at radius 2 is 1.69 bits per heavy atom. The van der Waals surface area contributed by atoms with Crippen molar-refractivity contribution in [2.24, 2.45) is 0 Å². The zero-order chi connectivity index (χ0) is 18.7. The smallest absolute Gasteiger partial charge is 0.212 e. The van der Waals surface area contributed by atoms with Gasteiger partial charge < -0.3 is 0 Å². The molecule has 1 aliphatic carbocycles. The molecule has 0 aliphatic heterocycles. The average Bonchev–Trinajstić information content (AvgIpc) is 2.62. The molecule has 0 bridgehead atoms. The minimum atomic E-state index is -3.58. The third-order valence-electron chi connectivity index (χ3n) is 4.90. The van der Waals surface area contributed by atoms with Gasteiger partial charge in [0.25, 0.3) is 0 Å². The highest BCUT2D eigenvalue weighted by Crippen LogP contribution is 2.29. The van der Waals surface area contributed by atoms with Gasteiger partial charge in [0.1, 0.15) is 0 Å². The second kappa shape index (κ2) is 8.30. The Morgan fingerprint density at radius 1 is 1.04 bits per heavy atom. The number of halogens is 2. The van der Waals surface area contributed by atoms with Crippen LogP contribution in [0.2, 0.25) is 10.0 Å². The van der Waals surface area contributed by atoms with Gasteiger partial charge in [-0.1, -0.05) is 54.4 Å². The number of nitrogens with one attached hydrogen (secondary N) is 1. The summed E-state index contributed by atoms with van der Waals surface area (Å²) in [4.78, 5) is 0. The van der Waals surface area contributed by atoms with E-state index in [1.807, 2.05) is 13.0 Å². The first-order valence-electron chi connectivity index (χ1n) is 8.94. The maximum absolute atomic E-state index is 12.7. The topological polar surface area (TPSA) is 46.2 Å². The van der Waals surface area contributed by atoms with Crippen LogP contribution >= 0.6 is 23.2 Å². The molecule has 0 amide bonds. The normalized spacial score (nSPS) is 15.5. The van der Waals surface area contributed by atoms with Crippen molar-refractivity contribution in [2.45, 2.75) is 50.8 Å². The zero-order valence-corrected chi connectivity index (χ0v) is 17.1. The van der Waals surface area contributed by atoms with Crippen molar-refractivity contribution in [3.8, 4) is 0 Å². The molecule has 1 aliphatic rings. The van der Waals surface area contributed by atoms with Gasteiger partial charge in [0.15, 0.2) is 0 Å². The predicted octanol–water partition coefficient (Wildman–Crippen LogP) is 5.44. The van der Waals surface area contributed by atoms with E-state index >= 15 is 0 Å². The molecule has 2 aromatic carbocycles. The van der Waals surface area contributed by atoms with E-state index in [1.54, 1.807) is 18.2 Å². The molecule has 0 heterocycles. The van der Waals surface area contributed by atoms with E-state index in [-0.39, 0.29) is 11.8 Å². The van der Waals surface area contributed by atoms with Crippen LogP contribution in [0.3, 0.4) is 0 Å². The molecule has 0 saturated heterocycles. The van der Waals surface area contributed by atoms with E-state index in [4.69, 9.17) is 23.2 Å². The fraction of sp³-hybridized carbons (Fsp3) is 0.400. The largest absolute Gasteiger partial charge is 0.216 e. The minimum absolute atomic E-state index is 0.229. The Labute approximate surface area is 165 Å². The van der Waals surface area contributed by atoms with Crippen molar-refractivity contribution < 1.29 is 8.42 Å². The van der Waals surface area contributed by atoms with Gasteiger partial charge in [-0.05, 0) is 60.9 Å². The van der Waals surface area contributed by atoms with Crippen LogP contribution in [0.4, 0.5) is 0 Å². The Bertz CT molecular complexity index is 876. The van der Waals surface area contributed by atoms with Crippen LogP contribution in [0, 0.1) is 0 Å². The number of benzene rings is 2. The van der Waals surface area contributed by atoms with E-state index in [1.165, 1.54) is 24.0 Å². The molecule has 1 N–H and O–H groups in total. The highest BCUT2D eigenvalue weighted by Gasteiger charge is 2.22. The summed E-state index contributed by atoms with van der Waals surface area (Å²) in [5.74, 6) is -0.229. The van der Waals surface area contributed by atoms with E-state index in [9.17, 15) is 8.42 Å². The van der Waals surface area contributed by atoms with Gasteiger partial charge in [-0.25, -0.2) is 13.1 Å². The van der Waals surface area contributed by atoms with Crippen molar-refractivity contribution in [3.05, 3.63) is 68.7 Å².